The van der Waals surface area contributed by atoms with Crippen molar-refractivity contribution in [3.63, 3.8) is 0 Å². The van der Waals surface area contributed by atoms with Crippen LogP contribution in [0.1, 0.15) is 11.1 Å². The van der Waals surface area contributed by atoms with E-state index in [4.69, 9.17) is 0 Å². The van der Waals surface area contributed by atoms with Gasteiger partial charge in [0.15, 0.2) is 0 Å². The summed E-state index contributed by atoms with van der Waals surface area (Å²) in [4.78, 5) is 11.8. The minimum atomic E-state index is -0.0494. The van der Waals surface area contributed by atoms with E-state index in [1.807, 2.05) is 18.2 Å². The Bertz CT molecular complexity index is 400. The largest absolute Gasteiger partial charge is 0.325 e. The first-order chi connectivity index (χ1) is 7.66. The average Bonchev–Trinajstić information content (AvgIpc) is 2.77. The highest BCUT2D eigenvalue weighted by atomic mass is 32.2. The van der Waals surface area contributed by atoms with Crippen molar-refractivity contribution in [3.05, 3.63) is 29.3 Å². The summed E-state index contributed by atoms with van der Waals surface area (Å²) in [6, 6.07) is 5.94. The fourth-order valence-electron chi connectivity index (χ4n) is 1.61. The zero-order valence-electron chi connectivity index (χ0n) is 9.54. The third kappa shape index (κ3) is 2.57. The van der Waals surface area contributed by atoms with E-state index < -0.39 is 0 Å². The van der Waals surface area contributed by atoms with Crippen LogP contribution >= 0.6 is 11.8 Å². The highest BCUT2D eigenvalue weighted by Gasteiger charge is 2.22. The van der Waals surface area contributed by atoms with Crippen molar-refractivity contribution in [1.29, 1.82) is 0 Å². The number of thioether (sulfide) groups is 1. The van der Waals surface area contributed by atoms with Crippen molar-refractivity contribution in [1.82, 2.24) is 5.32 Å². The summed E-state index contributed by atoms with van der Waals surface area (Å²) < 4.78 is 0. The molecule has 1 saturated heterocycles. The molecule has 1 aliphatic heterocycles. The van der Waals surface area contributed by atoms with E-state index >= 15 is 0 Å². The number of nitrogens with one attached hydrogen (secondary N) is 2. The minimum Gasteiger partial charge on any atom is -0.325 e. The van der Waals surface area contributed by atoms with Gasteiger partial charge in [0.1, 0.15) is 0 Å². The Morgan fingerprint density at radius 1 is 1.44 bits per heavy atom. The molecule has 1 aromatic carbocycles. The van der Waals surface area contributed by atoms with E-state index in [0.717, 1.165) is 17.3 Å². The van der Waals surface area contributed by atoms with Crippen LogP contribution in [0.4, 0.5) is 5.69 Å². The van der Waals surface area contributed by atoms with Crippen LogP contribution in [0.15, 0.2) is 18.2 Å². The summed E-state index contributed by atoms with van der Waals surface area (Å²) in [5, 5.41) is 6.09. The van der Waals surface area contributed by atoms with Gasteiger partial charge in [-0.3, -0.25) is 10.1 Å². The summed E-state index contributed by atoms with van der Waals surface area (Å²) in [5.74, 6) is 1.79. The smallest absolute Gasteiger partial charge is 0.242 e. The van der Waals surface area contributed by atoms with Gasteiger partial charge in [-0.1, -0.05) is 6.07 Å². The Labute approximate surface area is 100.0 Å². The molecule has 0 aliphatic carbocycles. The number of carbonyl (C=O) groups excluding carboxylic acids is 1. The number of carbonyl (C=O) groups is 1. The summed E-state index contributed by atoms with van der Waals surface area (Å²) in [7, 11) is 0. The lowest BCUT2D eigenvalue weighted by molar-refractivity contribution is -0.117. The fraction of sp³-hybridized carbons (Fsp3) is 0.417. The van der Waals surface area contributed by atoms with Crippen LogP contribution in [-0.4, -0.2) is 23.6 Å². The Morgan fingerprint density at radius 3 is 2.88 bits per heavy atom. The molecule has 3 nitrogen and oxygen atoms in total. The number of aryl methyl sites for hydroxylation is 2. The van der Waals surface area contributed by atoms with Crippen molar-refractivity contribution >= 4 is 23.4 Å². The number of hydrogen-bond acceptors (Lipinski definition) is 3. The number of hydrogen-bond donors (Lipinski definition) is 2. The normalized spacial score (nSPS) is 19.8. The highest BCUT2D eigenvalue weighted by molar-refractivity contribution is 7.99. The quantitative estimate of drug-likeness (QED) is 0.824. The number of benzene rings is 1. The lowest BCUT2D eigenvalue weighted by atomic mass is 10.1. The molecule has 1 amide bonds. The second-order valence-electron chi connectivity index (χ2n) is 4.06. The summed E-state index contributed by atoms with van der Waals surface area (Å²) in [6.07, 6.45) is 0. The lowest BCUT2D eigenvalue weighted by Gasteiger charge is -2.11. The van der Waals surface area contributed by atoms with E-state index in [1.54, 1.807) is 11.8 Å². The SMILES string of the molecule is Cc1ccc(NC(=O)[C@@H]2CSCN2)cc1C. The second kappa shape index (κ2) is 4.89. The van der Waals surface area contributed by atoms with Crippen LogP contribution in [0.3, 0.4) is 0 Å². The Morgan fingerprint density at radius 2 is 2.25 bits per heavy atom. The molecule has 4 heteroatoms. The van der Waals surface area contributed by atoms with Gasteiger partial charge < -0.3 is 5.32 Å². The molecule has 2 N–H and O–H groups in total. The van der Waals surface area contributed by atoms with E-state index in [1.165, 1.54) is 11.1 Å². The molecule has 1 aliphatic rings. The number of amides is 1. The molecule has 0 bridgehead atoms. The molecular weight excluding hydrogens is 220 g/mol. The van der Waals surface area contributed by atoms with Crippen LogP contribution in [-0.2, 0) is 4.79 Å². The van der Waals surface area contributed by atoms with Gasteiger partial charge in [-0.25, -0.2) is 0 Å². The molecule has 0 unspecified atom stereocenters. The van der Waals surface area contributed by atoms with Crippen LogP contribution < -0.4 is 10.6 Å². The Balaban J connectivity index is 2.02. The molecule has 1 atom stereocenters. The summed E-state index contributed by atoms with van der Waals surface area (Å²) >= 11 is 1.75. The molecule has 0 saturated carbocycles. The standard InChI is InChI=1S/C12H16N2OS/c1-8-3-4-10(5-9(8)2)14-12(15)11-6-16-7-13-11/h3-5,11,13H,6-7H2,1-2H3,(H,14,15)/t11-/m0/s1. The van der Waals surface area contributed by atoms with Crippen molar-refractivity contribution < 1.29 is 4.79 Å². The molecular formula is C12H16N2OS. The Kier molecular flexibility index (Phi) is 3.51. The molecule has 1 heterocycles. The average molecular weight is 236 g/mol. The van der Waals surface area contributed by atoms with Crippen LogP contribution in [0.2, 0.25) is 0 Å². The van der Waals surface area contributed by atoms with Crippen molar-refractivity contribution in [3.8, 4) is 0 Å². The minimum absolute atomic E-state index is 0.0494. The van der Waals surface area contributed by atoms with Gasteiger partial charge in [-0.2, -0.15) is 0 Å². The summed E-state index contributed by atoms with van der Waals surface area (Å²) in [5.41, 5.74) is 3.32. The Hall–Kier alpha value is -1.00. The molecule has 0 radical (unpaired) electrons. The zero-order valence-corrected chi connectivity index (χ0v) is 10.4. The maximum Gasteiger partial charge on any atom is 0.242 e. The van der Waals surface area contributed by atoms with Crippen LogP contribution in [0, 0.1) is 13.8 Å². The molecule has 0 spiro atoms. The van der Waals surface area contributed by atoms with Gasteiger partial charge in [-0.15, -0.1) is 11.8 Å². The van der Waals surface area contributed by atoms with Gasteiger partial charge in [-0.05, 0) is 37.1 Å². The zero-order chi connectivity index (χ0) is 11.5. The van der Waals surface area contributed by atoms with Crippen molar-refractivity contribution in [2.45, 2.75) is 19.9 Å². The first-order valence-corrected chi connectivity index (χ1v) is 6.51. The van der Waals surface area contributed by atoms with Gasteiger partial charge in [0.25, 0.3) is 0 Å². The maximum atomic E-state index is 11.8. The van der Waals surface area contributed by atoms with Gasteiger partial charge >= 0.3 is 0 Å². The van der Waals surface area contributed by atoms with Crippen molar-refractivity contribution in [2.75, 3.05) is 16.9 Å². The van der Waals surface area contributed by atoms with E-state index in [9.17, 15) is 4.79 Å². The van der Waals surface area contributed by atoms with E-state index in [2.05, 4.69) is 24.5 Å². The molecule has 2 rings (SSSR count). The molecule has 1 aromatic rings. The fourth-order valence-corrected chi connectivity index (χ4v) is 2.55. The topological polar surface area (TPSA) is 41.1 Å². The predicted molar refractivity (Wildman–Crippen MR) is 68.8 cm³/mol. The predicted octanol–water partition coefficient (Wildman–Crippen LogP) is 1.90. The third-order valence-electron chi connectivity index (χ3n) is 2.81. The molecule has 86 valence electrons. The van der Waals surface area contributed by atoms with Gasteiger partial charge in [0.05, 0.1) is 6.04 Å². The molecule has 1 fully saturated rings. The first kappa shape index (κ1) is 11.5. The van der Waals surface area contributed by atoms with E-state index in [-0.39, 0.29) is 11.9 Å². The van der Waals surface area contributed by atoms with Gasteiger partial charge in [0, 0.05) is 17.3 Å². The van der Waals surface area contributed by atoms with Crippen molar-refractivity contribution in [2.24, 2.45) is 0 Å². The first-order valence-electron chi connectivity index (χ1n) is 5.36. The monoisotopic (exact) mass is 236 g/mol. The van der Waals surface area contributed by atoms with Gasteiger partial charge in [0.2, 0.25) is 5.91 Å². The number of anilines is 1. The lowest BCUT2D eigenvalue weighted by Crippen LogP contribution is -2.37. The molecule has 0 aromatic heterocycles. The molecule has 16 heavy (non-hydrogen) atoms. The number of rotatable bonds is 2. The third-order valence-corrected chi connectivity index (χ3v) is 3.75. The highest BCUT2D eigenvalue weighted by Crippen LogP contribution is 2.16. The van der Waals surface area contributed by atoms with Crippen LogP contribution in [0.25, 0.3) is 0 Å². The summed E-state index contributed by atoms with van der Waals surface area (Å²) in [6.45, 7) is 4.12. The maximum absolute atomic E-state index is 11.8. The van der Waals surface area contributed by atoms with E-state index in [0.29, 0.717) is 0 Å². The second-order valence-corrected chi connectivity index (χ2v) is 5.09. The van der Waals surface area contributed by atoms with Crippen LogP contribution in [0.5, 0.6) is 0 Å².